The molecule has 10 nitrogen and oxygen atoms in total. The first-order chi connectivity index (χ1) is 18.6. The number of hydrogen-bond donors (Lipinski definition) is 6. The number of aromatic amines is 1. The molecule has 5 atom stereocenters. The molecule has 0 saturated carbocycles. The standard InChI is InChI=1S/C27H41N5O5S2/c1-5-16(2)23(32-24(33)19(28)14-17-15-29-20-9-7-6-8-18(17)20)26(35)30-21(10-12-38-3)25(34)31-22(27(36)37)11-13-39-4/h6-9,15-16,19,21-23,29H,5,10-14,28H2,1-4H3,(H,30,35)(H,31,34)(H,32,33)(H,36,37). The van der Waals surface area contributed by atoms with Crippen molar-refractivity contribution < 1.29 is 24.3 Å². The molecule has 216 valence electrons. The van der Waals surface area contributed by atoms with E-state index in [9.17, 15) is 24.3 Å². The summed E-state index contributed by atoms with van der Waals surface area (Å²) >= 11 is 3.00. The van der Waals surface area contributed by atoms with Crippen LogP contribution in [0.4, 0.5) is 0 Å². The van der Waals surface area contributed by atoms with Gasteiger partial charge in [-0.3, -0.25) is 14.4 Å². The van der Waals surface area contributed by atoms with Crippen LogP contribution in [-0.4, -0.2) is 82.0 Å². The van der Waals surface area contributed by atoms with Gasteiger partial charge in [-0.05, 0) is 60.8 Å². The zero-order valence-corrected chi connectivity index (χ0v) is 24.6. The van der Waals surface area contributed by atoms with Gasteiger partial charge < -0.3 is 31.8 Å². The highest BCUT2D eigenvalue weighted by atomic mass is 32.2. The van der Waals surface area contributed by atoms with Crippen LogP contribution in [0.15, 0.2) is 30.5 Å². The number of aliphatic carboxylic acids is 1. The second-order valence-corrected chi connectivity index (χ2v) is 11.5. The van der Waals surface area contributed by atoms with Crippen LogP contribution in [0, 0.1) is 5.92 Å². The van der Waals surface area contributed by atoms with Crippen LogP contribution in [0.5, 0.6) is 0 Å². The second-order valence-electron chi connectivity index (χ2n) is 9.57. The molecule has 0 radical (unpaired) electrons. The molecular formula is C27H41N5O5S2. The molecule has 12 heteroatoms. The van der Waals surface area contributed by atoms with Gasteiger partial charge in [0.1, 0.15) is 18.1 Å². The van der Waals surface area contributed by atoms with Gasteiger partial charge in [-0.25, -0.2) is 4.79 Å². The number of benzene rings is 1. The molecule has 3 amide bonds. The Morgan fingerprint density at radius 2 is 1.56 bits per heavy atom. The Balaban J connectivity index is 2.12. The van der Waals surface area contributed by atoms with E-state index in [1.165, 1.54) is 23.5 Å². The topological polar surface area (TPSA) is 166 Å². The first-order valence-corrected chi connectivity index (χ1v) is 15.8. The van der Waals surface area contributed by atoms with E-state index in [0.717, 1.165) is 16.5 Å². The molecule has 7 N–H and O–H groups in total. The van der Waals surface area contributed by atoms with Crippen molar-refractivity contribution in [1.29, 1.82) is 0 Å². The number of nitrogens with two attached hydrogens (primary N) is 1. The van der Waals surface area contributed by atoms with Crippen LogP contribution in [0.2, 0.25) is 0 Å². The summed E-state index contributed by atoms with van der Waals surface area (Å²) in [5, 5.41) is 18.6. The lowest BCUT2D eigenvalue weighted by atomic mass is 9.96. The average Bonchev–Trinajstić information content (AvgIpc) is 3.33. The van der Waals surface area contributed by atoms with Crippen molar-refractivity contribution in [3.8, 4) is 0 Å². The SMILES string of the molecule is CCC(C)C(NC(=O)C(N)Cc1c[nH]c2ccccc12)C(=O)NC(CCSC)C(=O)NC(CCSC)C(=O)O. The molecule has 1 aromatic carbocycles. The van der Waals surface area contributed by atoms with Gasteiger partial charge >= 0.3 is 5.97 Å². The minimum Gasteiger partial charge on any atom is -0.480 e. The zero-order chi connectivity index (χ0) is 28.9. The summed E-state index contributed by atoms with van der Waals surface area (Å²) in [5.41, 5.74) is 8.10. The Kier molecular flexibility index (Phi) is 13.7. The number of rotatable bonds is 17. The molecule has 0 aliphatic carbocycles. The van der Waals surface area contributed by atoms with E-state index < -0.39 is 47.9 Å². The Labute approximate surface area is 238 Å². The molecule has 0 spiro atoms. The quantitative estimate of drug-likeness (QED) is 0.166. The molecule has 2 rings (SSSR count). The molecule has 2 aromatic rings. The predicted octanol–water partition coefficient (Wildman–Crippen LogP) is 2.13. The number of nitrogens with one attached hydrogen (secondary N) is 4. The van der Waals surface area contributed by atoms with Gasteiger partial charge in [-0.15, -0.1) is 0 Å². The largest absolute Gasteiger partial charge is 0.480 e. The maximum absolute atomic E-state index is 13.4. The third-order valence-corrected chi connectivity index (χ3v) is 8.00. The van der Waals surface area contributed by atoms with Crippen LogP contribution in [0.3, 0.4) is 0 Å². The molecular weight excluding hydrogens is 538 g/mol. The number of carboxylic acids is 1. The summed E-state index contributed by atoms with van der Waals surface area (Å²) < 4.78 is 0. The van der Waals surface area contributed by atoms with E-state index in [1.807, 2.05) is 56.8 Å². The maximum atomic E-state index is 13.4. The van der Waals surface area contributed by atoms with E-state index in [1.54, 1.807) is 0 Å². The third kappa shape index (κ3) is 9.77. The van der Waals surface area contributed by atoms with Crippen molar-refractivity contribution in [3.63, 3.8) is 0 Å². The number of carbonyl (C=O) groups excluding carboxylic acids is 3. The van der Waals surface area contributed by atoms with Gasteiger partial charge in [0.25, 0.3) is 0 Å². The fraction of sp³-hybridized carbons (Fsp3) is 0.556. The van der Waals surface area contributed by atoms with Crippen molar-refractivity contribution in [2.45, 2.75) is 63.7 Å². The lowest BCUT2D eigenvalue weighted by Gasteiger charge is -2.28. The molecule has 0 fully saturated rings. The minimum atomic E-state index is -1.12. The fourth-order valence-corrected chi connectivity index (χ4v) is 5.07. The van der Waals surface area contributed by atoms with Crippen LogP contribution in [0.1, 0.15) is 38.7 Å². The first kappa shape index (κ1) is 32.5. The maximum Gasteiger partial charge on any atom is 0.326 e. The number of amides is 3. The first-order valence-electron chi connectivity index (χ1n) is 13.0. The number of aromatic nitrogens is 1. The van der Waals surface area contributed by atoms with Crippen molar-refractivity contribution in [1.82, 2.24) is 20.9 Å². The van der Waals surface area contributed by atoms with Gasteiger partial charge in [0, 0.05) is 17.1 Å². The monoisotopic (exact) mass is 579 g/mol. The van der Waals surface area contributed by atoms with E-state index in [2.05, 4.69) is 20.9 Å². The van der Waals surface area contributed by atoms with Gasteiger partial charge in [0.15, 0.2) is 0 Å². The smallest absolute Gasteiger partial charge is 0.326 e. The third-order valence-electron chi connectivity index (χ3n) is 6.71. The Morgan fingerprint density at radius 1 is 0.949 bits per heavy atom. The number of hydrogen-bond acceptors (Lipinski definition) is 7. The van der Waals surface area contributed by atoms with Crippen LogP contribution >= 0.6 is 23.5 Å². The molecule has 39 heavy (non-hydrogen) atoms. The normalized spacial score (nSPS) is 15.1. The molecule has 1 aromatic heterocycles. The number of thioether (sulfide) groups is 2. The van der Waals surface area contributed by atoms with E-state index in [4.69, 9.17) is 5.73 Å². The Bertz CT molecular complexity index is 1110. The number of carboxylic acid groups (broad SMARTS) is 1. The van der Waals surface area contributed by atoms with Crippen molar-refractivity contribution in [2.75, 3.05) is 24.0 Å². The lowest BCUT2D eigenvalue weighted by Crippen LogP contribution is -2.59. The van der Waals surface area contributed by atoms with Gasteiger partial charge in [-0.2, -0.15) is 23.5 Å². The minimum absolute atomic E-state index is 0.230. The highest BCUT2D eigenvalue weighted by Gasteiger charge is 2.32. The lowest BCUT2D eigenvalue weighted by molar-refractivity contribution is -0.142. The second kappa shape index (κ2) is 16.4. The average molecular weight is 580 g/mol. The molecule has 1 heterocycles. The van der Waals surface area contributed by atoms with Crippen molar-refractivity contribution in [2.24, 2.45) is 11.7 Å². The van der Waals surface area contributed by atoms with Crippen LogP contribution in [0.25, 0.3) is 10.9 Å². The van der Waals surface area contributed by atoms with Crippen LogP contribution in [-0.2, 0) is 25.6 Å². The van der Waals surface area contributed by atoms with Crippen molar-refractivity contribution >= 4 is 58.1 Å². The molecule has 0 aliphatic rings. The van der Waals surface area contributed by atoms with E-state index in [0.29, 0.717) is 24.3 Å². The summed E-state index contributed by atoms with van der Waals surface area (Å²) in [6, 6.07) is 3.95. The highest BCUT2D eigenvalue weighted by Crippen LogP contribution is 2.19. The van der Waals surface area contributed by atoms with Gasteiger partial charge in [0.2, 0.25) is 17.7 Å². The number of H-pyrrole nitrogens is 1. The fourth-order valence-electron chi connectivity index (χ4n) is 4.12. The van der Waals surface area contributed by atoms with E-state index in [-0.39, 0.29) is 18.8 Å². The Morgan fingerprint density at radius 3 is 2.18 bits per heavy atom. The highest BCUT2D eigenvalue weighted by molar-refractivity contribution is 7.98. The summed E-state index contributed by atoms with van der Waals surface area (Å²) in [6.45, 7) is 3.75. The summed E-state index contributed by atoms with van der Waals surface area (Å²) in [6.07, 6.45) is 7.05. The molecule has 0 bridgehead atoms. The number of carbonyl (C=O) groups is 4. The van der Waals surface area contributed by atoms with Crippen LogP contribution < -0.4 is 21.7 Å². The summed E-state index contributed by atoms with van der Waals surface area (Å²) in [5.74, 6) is -1.73. The Hall–Kier alpha value is -2.70. The summed E-state index contributed by atoms with van der Waals surface area (Å²) in [4.78, 5) is 54.3. The molecule has 5 unspecified atom stereocenters. The predicted molar refractivity (Wildman–Crippen MR) is 159 cm³/mol. The van der Waals surface area contributed by atoms with Gasteiger partial charge in [-0.1, -0.05) is 38.5 Å². The number of fused-ring (bicyclic) bond motifs is 1. The summed E-state index contributed by atoms with van der Waals surface area (Å²) in [7, 11) is 0. The molecule has 0 saturated heterocycles. The zero-order valence-electron chi connectivity index (χ0n) is 23.0. The van der Waals surface area contributed by atoms with Gasteiger partial charge in [0.05, 0.1) is 6.04 Å². The number of para-hydroxylation sites is 1. The molecule has 0 aliphatic heterocycles. The van der Waals surface area contributed by atoms with Crippen molar-refractivity contribution in [3.05, 3.63) is 36.0 Å². The van der Waals surface area contributed by atoms with E-state index >= 15 is 0 Å².